The van der Waals surface area contributed by atoms with E-state index < -0.39 is 23.7 Å². The van der Waals surface area contributed by atoms with Gasteiger partial charge < -0.3 is 14.9 Å². The van der Waals surface area contributed by atoms with Crippen molar-refractivity contribution in [2.45, 2.75) is 51.4 Å². The molecule has 0 saturated carbocycles. The number of Topliss-reactive ketones (excluding diaryl/α,β-unsaturated/α-hetero) is 1. The maximum Gasteiger partial charge on any atom is 0.303 e. The molecule has 0 spiro atoms. The number of benzene rings is 1. The summed E-state index contributed by atoms with van der Waals surface area (Å²) in [6.07, 6.45) is 5.66. The molecule has 1 saturated heterocycles. The quantitative estimate of drug-likeness (QED) is 0.197. The van der Waals surface area contributed by atoms with E-state index in [1.807, 2.05) is 18.2 Å². The number of hydrogen-bond donors (Lipinski definition) is 2. The number of ketones is 2. The molecule has 9 heteroatoms. The Morgan fingerprint density at radius 3 is 2.48 bits per heavy atom. The number of aliphatic hydroxyl groups is 1. The maximum absolute atomic E-state index is 13.7. The van der Waals surface area contributed by atoms with E-state index in [1.165, 1.54) is 11.0 Å². The summed E-state index contributed by atoms with van der Waals surface area (Å²) < 4.78 is 5.49. The number of carboxylic acids is 1. The van der Waals surface area contributed by atoms with E-state index in [2.05, 4.69) is 0 Å². The molecule has 3 aliphatic carbocycles. The van der Waals surface area contributed by atoms with Crippen molar-refractivity contribution in [1.29, 1.82) is 0 Å². The summed E-state index contributed by atoms with van der Waals surface area (Å²) in [5.74, 6) is -3.20. The molecule has 0 radical (unpaired) electrons. The van der Waals surface area contributed by atoms with Gasteiger partial charge >= 0.3 is 5.97 Å². The summed E-state index contributed by atoms with van der Waals surface area (Å²) in [5.41, 5.74) is 2.91. The van der Waals surface area contributed by atoms with E-state index in [0.717, 1.165) is 11.1 Å². The third kappa shape index (κ3) is 4.94. The summed E-state index contributed by atoms with van der Waals surface area (Å²) >= 11 is 0. The molecule has 1 aromatic rings. The third-order valence-corrected chi connectivity index (χ3v) is 8.50. The van der Waals surface area contributed by atoms with Crippen molar-refractivity contribution in [3.05, 3.63) is 64.3 Å². The Labute approximate surface area is 232 Å². The fraction of sp³-hybridized carbons (Fsp3) is 0.452. The van der Waals surface area contributed by atoms with Gasteiger partial charge in [-0.15, -0.1) is 0 Å². The largest absolute Gasteiger partial charge is 0.491 e. The smallest absolute Gasteiger partial charge is 0.303 e. The van der Waals surface area contributed by atoms with Crippen molar-refractivity contribution < 1.29 is 38.9 Å². The van der Waals surface area contributed by atoms with E-state index in [0.29, 0.717) is 48.2 Å². The molecule has 1 fully saturated rings. The van der Waals surface area contributed by atoms with Crippen molar-refractivity contribution in [2.24, 2.45) is 17.8 Å². The van der Waals surface area contributed by atoms with Crippen LogP contribution < -0.4 is 4.74 Å². The molecule has 0 unspecified atom stereocenters. The van der Waals surface area contributed by atoms with Gasteiger partial charge in [0.15, 0.2) is 11.6 Å². The molecule has 4 atom stereocenters. The molecular weight excluding hydrogens is 514 g/mol. The number of hydrogen-bond acceptors (Lipinski definition) is 7. The van der Waals surface area contributed by atoms with Crippen molar-refractivity contribution in [1.82, 2.24) is 4.90 Å². The first kappa shape index (κ1) is 27.7. The van der Waals surface area contributed by atoms with Crippen LogP contribution in [0.4, 0.5) is 0 Å². The molecule has 210 valence electrons. The number of likely N-dealkylation sites (tertiary alicyclic amines) is 1. The molecule has 5 rings (SSSR count). The SMILES string of the molecule is CC1=CC(=O)C2=C(C[C@@H]3C(=CC[C@@H]4C(=O)N(CCCCCC(=O)O)C(=O)[C@@H]43)[C@@H]2c2ccc(OCCO)cc2)C1=O. The van der Waals surface area contributed by atoms with Gasteiger partial charge in [-0.1, -0.05) is 30.2 Å². The zero-order chi connectivity index (χ0) is 28.6. The van der Waals surface area contributed by atoms with Gasteiger partial charge in [0.25, 0.3) is 0 Å². The number of aliphatic hydroxyl groups excluding tert-OH is 1. The molecule has 1 aromatic carbocycles. The Bertz CT molecular complexity index is 1350. The highest BCUT2D eigenvalue weighted by Crippen LogP contribution is 2.55. The Kier molecular flexibility index (Phi) is 7.85. The van der Waals surface area contributed by atoms with Gasteiger partial charge in [-0.3, -0.25) is 28.9 Å². The van der Waals surface area contributed by atoms with E-state index in [4.69, 9.17) is 14.9 Å². The van der Waals surface area contributed by atoms with Gasteiger partial charge in [0.2, 0.25) is 11.8 Å². The second-order valence-electron chi connectivity index (χ2n) is 10.9. The highest BCUT2D eigenvalue weighted by atomic mass is 16.5. The first-order valence-corrected chi connectivity index (χ1v) is 13.8. The highest BCUT2D eigenvalue weighted by Gasteiger charge is 2.56. The number of aliphatic carboxylic acids is 1. The van der Waals surface area contributed by atoms with Crippen LogP contribution in [0.15, 0.2) is 58.7 Å². The number of ether oxygens (including phenoxy) is 1. The normalized spacial score (nSPS) is 25.8. The van der Waals surface area contributed by atoms with E-state index in [-0.39, 0.29) is 61.9 Å². The Balaban J connectivity index is 1.46. The average molecular weight is 548 g/mol. The number of carbonyl (C=O) groups excluding carboxylic acids is 4. The lowest BCUT2D eigenvalue weighted by molar-refractivity contribution is -0.141. The topological polar surface area (TPSA) is 138 Å². The molecule has 0 aromatic heterocycles. The molecule has 2 amide bonds. The van der Waals surface area contributed by atoms with Crippen molar-refractivity contribution >= 4 is 29.4 Å². The zero-order valence-corrected chi connectivity index (χ0v) is 22.4. The lowest BCUT2D eigenvalue weighted by Crippen LogP contribution is -2.39. The predicted molar refractivity (Wildman–Crippen MR) is 143 cm³/mol. The molecule has 9 nitrogen and oxygen atoms in total. The Morgan fingerprint density at radius 1 is 1.02 bits per heavy atom. The lowest BCUT2D eigenvalue weighted by atomic mass is 9.59. The predicted octanol–water partition coefficient (Wildman–Crippen LogP) is 3.13. The maximum atomic E-state index is 13.7. The molecular formula is C31H33NO8. The number of unbranched alkanes of at least 4 members (excludes halogenated alkanes) is 2. The Hall–Kier alpha value is -3.85. The molecule has 1 heterocycles. The number of carboxylic acid groups (broad SMARTS) is 1. The Morgan fingerprint density at radius 2 is 1.77 bits per heavy atom. The van der Waals surface area contributed by atoms with Crippen molar-refractivity contribution in [3.63, 3.8) is 0 Å². The standard InChI is InChI=1S/C31H33NO8/c1-17-15-24(34)28-23(29(17)37)16-22-20(26(28)18-6-8-19(9-7-18)40-14-13-33)10-11-21-27(22)31(39)32(30(21)38)12-4-2-3-5-25(35)36/h6-10,15,21-22,26-27,33H,2-5,11-14,16H2,1H3,(H,35,36)/t21-,22+,26-,27-/m0/s1. The number of fused-ring (bicyclic) bond motifs is 3. The molecule has 4 aliphatic rings. The third-order valence-electron chi connectivity index (χ3n) is 8.50. The van der Waals surface area contributed by atoms with Gasteiger partial charge in [0, 0.05) is 35.6 Å². The summed E-state index contributed by atoms with van der Waals surface area (Å²) in [6, 6.07) is 7.19. The molecule has 0 bridgehead atoms. The van der Waals surface area contributed by atoms with E-state index in [9.17, 15) is 24.0 Å². The summed E-state index contributed by atoms with van der Waals surface area (Å²) in [5, 5.41) is 17.9. The second-order valence-corrected chi connectivity index (χ2v) is 10.9. The lowest BCUT2D eigenvalue weighted by Gasteiger charge is -2.42. The van der Waals surface area contributed by atoms with Crippen LogP contribution in [0, 0.1) is 17.8 Å². The fourth-order valence-electron chi connectivity index (χ4n) is 6.69. The van der Waals surface area contributed by atoms with Crippen LogP contribution in [-0.2, 0) is 24.0 Å². The number of imide groups is 1. The minimum Gasteiger partial charge on any atom is -0.491 e. The minimum absolute atomic E-state index is 0.0521. The van der Waals surface area contributed by atoms with Gasteiger partial charge in [0.1, 0.15) is 12.4 Å². The number of amides is 2. The molecule has 1 aliphatic heterocycles. The van der Waals surface area contributed by atoms with Crippen LogP contribution in [0.2, 0.25) is 0 Å². The van der Waals surface area contributed by atoms with Gasteiger partial charge in [-0.2, -0.15) is 0 Å². The number of rotatable bonds is 10. The zero-order valence-electron chi connectivity index (χ0n) is 22.4. The van der Waals surface area contributed by atoms with Gasteiger partial charge in [-0.25, -0.2) is 0 Å². The summed E-state index contributed by atoms with van der Waals surface area (Å²) in [6.45, 7) is 1.90. The number of carbonyl (C=O) groups is 5. The number of allylic oxidation sites excluding steroid dienone is 6. The van der Waals surface area contributed by atoms with Crippen LogP contribution in [0.3, 0.4) is 0 Å². The van der Waals surface area contributed by atoms with E-state index in [1.54, 1.807) is 19.1 Å². The monoisotopic (exact) mass is 547 g/mol. The first-order valence-electron chi connectivity index (χ1n) is 13.8. The minimum atomic E-state index is -0.869. The summed E-state index contributed by atoms with van der Waals surface area (Å²) in [4.78, 5) is 65.8. The first-order chi connectivity index (χ1) is 19.2. The van der Waals surface area contributed by atoms with Gasteiger partial charge in [-0.05, 0) is 62.3 Å². The number of nitrogens with zero attached hydrogens (tertiary/aromatic N) is 1. The summed E-state index contributed by atoms with van der Waals surface area (Å²) in [7, 11) is 0. The highest BCUT2D eigenvalue weighted by molar-refractivity contribution is 6.23. The van der Waals surface area contributed by atoms with Crippen LogP contribution in [-0.4, -0.2) is 64.2 Å². The van der Waals surface area contributed by atoms with Crippen LogP contribution in [0.1, 0.15) is 56.9 Å². The van der Waals surface area contributed by atoms with Crippen LogP contribution >= 0.6 is 0 Å². The molecule has 2 N–H and O–H groups in total. The average Bonchev–Trinajstić information content (AvgIpc) is 3.18. The second kappa shape index (κ2) is 11.3. The van der Waals surface area contributed by atoms with Crippen molar-refractivity contribution in [2.75, 3.05) is 19.8 Å². The van der Waals surface area contributed by atoms with E-state index >= 15 is 0 Å². The van der Waals surface area contributed by atoms with Gasteiger partial charge in [0.05, 0.1) is 18.4 Å². The van der Waals surface area contributed by atoms with Crippen molar-refractivity contribution in [3.8, 4) is 5.75 Å². The molecule has 40 heavy (non-hydrogen) atoms. The fourth-order valence-corrected chi connectivity index (χ4v) is 6.69. The van der Waals surface area contributed by atoms with Crippen LogP contribution in [0.5, 0.6) is 5.75 Å². The van der Waals surface area contributed by atoms with Crippen LogP contribution in [0.25, 0.3) is 0 Å².